The lowest BCUT2D eigenvalue weighted by Gasteiger charge is -2.28. The highest BCUT2D eigenvalue weighted by molar-refractivity contribution is 7.99. The topological polar surface area (TPSA) is 67.9 Å². The Hall–Kier alpha value is -2.67. The highest BCUT2D eigenvalue weighted by Crippen LogP contribution is 2.42. The van der Waals surface area contributed by atoms with Gasteiger partial charge in [0.15, 0.2) is 0 Å². The van der Waals surface area contributed by atoms with Crippen molar-refractivity contribution in [2.45, 2.75) is 18.3 Å². The number of rotatable bonds is 5. The largest absolute Gasteiger partial charge is 0.497 e. The van der Waals surface area contributed by atoms with E-state index in [-0.39, 0.29) is 17.2 Å². The Morgan fingerprint density at radius 1 is 1.00 bits per heavy atom. The first kappa shape index (κ1) is 19.1. The number of hydrogen-bond donors (Lipinski definition) is 1. The fourth-order valence-corrected chi connectivity index (χ4v) is 4.50. The van der Waals surface area contributed by atoms with Gasteiger partial charge in [-0.1, -0.05) is 12.1 Å². The molecule has 0 spiro atoms. The summed E-state index contributed by atoms with van der Waals surface area (Å²) in [6, 6.07) is 14.2. The van der Waals surface area contributed by atoms with E-state index < -0.39 is 6.04 Å². The third kappa shape index (κ3) is 4.19. The summed E-state index contributed by atoms with van der Waals surface area (Å²) in [5.74, 6) is 1.69. The average molecular weight is 386 g/mol. The number of hydrogen-bond acceptors (Lipinski definition) is 5. The highest BCUT2D eigenvalue weighted by Gasteiger charge is 2.40. The number of methoxy groups -OCH3 is 2. The van der Waals surface area contributed by atoms with E-state index >= 15 is 0 Å². The van der Waals surface area contributed by atoms with E-state index in [4.69, 9.17) is 9.47 Å². The maximum Gasteiger partial charge on any atom is 0.248 e. The van der Waals surface area contributed by atoms with E-state index in [1.807, 2.05) is 24.3 Å². The quantitative estimate of drug-likeness (QED) is 0.854. The van der Waals surface area contributed by atoms with Crippen LogP contribution in [0, 0.1) is 0 Å². The fraction of sp³-hybridized carbons (Fsp3) is 0.300. The molecule has 0 unspecified atom stereocenters. The van der Waals surface area contributed by atoms with Crippen molar-refractivity contribution >= 4 is 29.3 Å². The third-order valence-corrected chi connectivity index (χ3v) is 5.75. The van der Waals surface area contributed by atoms with Gasteiger partial charge >= 0.3 is 0 Å². The van der Waals surface area contributed by atoms with Crippen LogP contribution in [0.15, 0.2) is 48.5 Å². The van der Waals surface area contributed by atoms with Crippen LogP contribution in [0.4, 0.5) is 5.69 Å². The number of thioether (sulfide) groups is 1. The Kier molecular flexibility index (Phi) is 5.91. The zero-order chi connectivity index (χ0) is 19.4. The van der Waals surface area contributed by atoms with Gasteiger partial charge in [0.25, 0.3) is 0 Å². The summed E-state index contributed by atoms with van der Waals surface area (Å²) < 4.78 is 10.3. The van der Waals surface area contributed by atoms with E-state index in [2.05, 4.69) is 5.32 Å². The summed E-state index contributed by atoms with van der Waals surface area (Å²) in [4.78, 5) is 26.7. The van der Waals surface area contributed by atoms with Crippen molar-refractivity contribution in [1.29, 1.82) is 0 Å². The van der Waals surface area contributed by atoms with E-state index in [9.17, 15) is 9.59 Å². The Bertz CT molecular complexity index is 808. The van der Waals surface area contributed by atoms with E-state index in [1.54, 1.807) is 55.1 Å². The molecule has 1 aliphatic heterocycles. The van der Waals surface area contributed by atoms with Gasteiger partial charge in [0.05, 0.1) is 14.2 Å². The van der Waals surface area contributed by atoms with Crippen molar-refractivity contribution in [3.63, 3.8) is 0 Å². The van der Waals surface area contributed by atoms with Gasteiger partial charge in [0.2, 0.25) is 11.8 Å². The number of benzene rings is 2. The molecule has 2 amide bonds. The first-order valence-electron chi connectivity index (χ1n) is 8.53. The molecule has 2 atom stereocenters. The Balaban J connectivity index is 1.76. The molecule has 2 aromatic rings. The van der Waals surface area contributed by atoms with Gasteiger partial charge in [-0.05, 0) is 42.0 Å². The first-order valence-corrected chi connectivity index (χ1v) is 9.57. The number of ether oxygens (including phenoxy) is 2. The second-order valence-electron chi connectivity index (χ2n) is 6.12. The second kappa shape index (κ2) is 8.35. The second-order valence-corrected chi connectivity index (χ2v) is 7.23. The van der Waals surface area contributed by atoms with Gasteiger partial charge in [0, 0.05) is 18.4 Å². The highest BCUT2D eigenvalue weighted by atomic mass is 32.2. The molecule has 1 N–H and O–H groups in total. The van der Waals surface area contributed by atoms with Gasteiger partial charge in [-0.2, -0.15) is 0 Å². The summed E-state index contributed by atoms with van der Waals surface area (Å²) in [6.45, 7) is 1.50. The van der Waals surface area contributed by atoms with Crippen LogP contribution in [0.5, 0.6) is 11.5 Å². The van der Waals surface area contributed by atoms with Gasteiger partial charge in [-0.25, -0.2) is 0 Å². The maximum atomic E-state index is 12.8. The predicted octanol–water partition coefficient (Wildman–Crippen LogP) is 3.31. The predicted molar refractivity (Wildman–Crippen MR) is 106 cm³/mol. The van der Waals surface area contributed by atoms with Gasteiger partial charge in [0.1, 0.15) is 22.9 Å². The van der Waals surface area contributed by atoms with E-state index in [1.165, 1.54) is 6.92 Å². The lowest BCUT2D eigenvalue weighted by atomic mass is 10.1. The van der Waals surface area contributed by atoms with Crippen molar-refractivity contribution in [1.82, 2.24) is 4.90 Å². The standard InChI is InChI=1S/C20H22N2O4S/c1-13(23)22-18(19(24)21-15-6-10-17(26-3)11-7-15)12-27-20(22)14-4-8-16(25-2)9-5-14/h4-11,18,20H,12H2,1-3H3,(H,21,24)/t18-,20-/m0/s1. The molecule has 7 heteroatoms. The van der Waals surface area contributed by atoms with Crippen LogP contribution < -0.4 is 14.8 Å². The van der Waals surface area contributed by atoms with Crippen LogP contribution in [0.25, 0.3) is 0 Å². The molecular formula is C20H22N2O4S. The lowest BCUT2D eigenvalue weighted by molar-refractivity contribution is -0.136. The molecule has 1 saturated heterocycles. The van der Waals surface area contributed by atoms with Crippen LogP contribution in [0.2, 0.25) is 0 Å². The monoisotopic (exact) mass is 386 g/mol. The summed E-state index contributed by atoms with van der Waals surface area (Å²) >= 11 is 1.58. The summed E-state index contributed by atoms with van der Waals surface area (Å²) in [7, 11) is 3.20. The van der Waals surface area contributed by atoms with Crippen molar-refractivity contribution in [2.75, 3.05) is 25.3 Å². The van der Waals surface area contributed by atoms with Crippen LogP contribution in [-0.2, 0) is 9.59 Å². The van der Waals surface area contributed by atoms with Crippen molar-refractivity contribution < 1.29 is 19.1 Å². The molecule has 0 saturated carbocycles. The van der Waals surface area contributed by atoms with Crippen LogP contribution >= 0.6 is 11.8 Å². The molecule has 0 bridgehead atoms. The first-order chi connectivity index (χ1) is 13.0. The van der Waals surface area contributed by atoms with Gasteiger partial charge in [-0.3, -0.25) is 9.59 Å². The molecule has 1 fully saturated rings. The van der Waals surface area contributed by atoms with Crippen LogP contribution in [-0.4, -0.2) is 42.7 Å². The molecule has 3 rings (SSSR count). The molecule has 2 aromatic carbocycles. The van der Waals surface area contributed by atoms with Crippen LogP contribution in [0.3, 0.4) is 0 Å². The van der Waals surface area contributed by atoms with Crippen molar-refractivity contribution in [3.05, 3.63) is 54.1 Å². The Labute approximate surface area is 162 Å². The average Bonchev–Trinajstić information content (AvgIpc) is 3.14. The molecule has 0 aromatic heterocycles. The molecule has 1 aliphatic rings. The summed E-state index contributed by atoms with van der Waals surface area (Å²) in [6.07, 6.45) is 0. The fourth-order valence-electron chi connectivity index (χ4n) is 3.02. The number of nitrogens with one attached hydrogen (secondary N) is 1. The maximum absolute atomic E-state index is 12.8. The number of anilines is 1. The minimum Gasteiger partial charge on any atom is -0.497 e. The molecule has 0 aliphatic carbocycles. The molecular weight excluding hydrogens is 364 g/mol. The van der Waals surface area contributed by atoms with Gasteiger partial charge < -0.3 is 19.7 Å². The minimum atomic E-state index is -0.526. The number of carbonyl (C=O) groups is 2. The normalized spacial score (nSPS) is 18.9. The number of nitrogens with zero attached hydrogens (tertiary/aromatic N) is 1. The van der Waals surface area contributed by atoms with Crippen LogP contribution in [0.1, 0.15) is 17.9 Å². The van der Waals surface area contributed by atoms with Crippen molar-refractivity contribution in [2.24, 2.45) is 0 Å². The molecule has 1 heterocycles. The Morgan fingerprint density at radius 3 is 2.07 bits per heavy atom. The van der Waals surface area contributed by atoms with Gasteiger partial charge in [-0.15, -0.1) is 11.8 Å². The lowest BCUT2D eigenvalue weighted by Crippen LogP contribution is -2.44. The minimum absolute atomic E-state index is 0.129. The van der Waals surface area contributed by atoms with E-state index in [0.29, 0.717) is 17.2 Å². The smallest absolute Gasteiger partial charge is 0.248 e. The Morgan fingerprint density at radius 2 is 1.56 bits per heavy atom. The summed E-state index contributed by atoms with van der Waals surface area (Å²) in [5.41, 5.74) is 1.64. The zero-order valence-corrected chi connectivity index (χ0v) is 16.3. The van der Waals surface area contributed by atoms with Crippen molar-refractivity contribution in [3.8, 4) is 11.5 Å². The number of carbonyl (C=O) groups excluding carboxylic acids is 2. The van der Waals surface area contributed by atoms with E-state index in [0.717, 1.165) is 11.3 Å². The summed E-state index contributed by atoms with van der Waals surface area (Å²) in [5, 5.41) is 2.69. The zero-order valence-electron chi connectivity index (χ0n) is 15.5. The molecule has 0 radical (unpaired) electrons. The molecule has 6 nitrogen and oxygen atoms in total. The number of amides is 2. The third-order valence-electron chi connectivity index (χ3n) is 4.43. The molecule has 27 heavy (non-hydrogen) atoms. The molecule has 142 valence electrons. The SMILES string of the molecule is COc1ccc(NC(=O)[C@@H]2CS[C@@H](c3ccc(OC)cc3)N2C(C)=O)cc1.